The van der Waals surface area contributed by atoms with Crippen LogP contribution in [0.1, 0.15) is 18.2 Å². The largest absolute Gasteiger partial charge is 0.377 e. The van der Waals surface area contributed by atoms with Crippen molar-refractivity contribution in [2.24, 2.45) is 0 Å². The van der Waals surface area contributed by atoms with Crippen molar-refractivity contribution in [1.82, 2.24) is 4.90 Å². The number of amides is 1. The summed E-state index contributed by atoms with van der Waals surface area (Å²) in [5.41, 5.74) is 0. The summed E-state index contributed by atoms with van der Waals surface area (Å²) >= 11 is 7.29. The normalized spacial score (nSPS) is 19.9. The van der Waals surface area contributed by atoms with Gasteiger partial charge < -0.3 is 9.64 Å². The highest BCUT2D eigenvalue weighted by atomic mass is 35.5. The number of nitrogens with zero attached hydrogens (tertiary/aromatic N) is 1. The maximum Gasteiger partial charge on any atom is 0.246 e. The summed E-state index contributed by atoms with van der Waals surface area (Å²) in [5.74, 6) is 0.0433. The molecule has 0 spiro atoms. The maximum absolute atomic E-state index is 11.9. The highest BCUT2D eigenvalue weighted by Crippen LogP contribution is 2.22. The average molecular weight is 286 g/mol. The van der Waals surface area contributed by atoms with Crippen LogP contribution in [0.2, 0.25) is 4.34 Å². The highest BCUT2D eigenvalue weighted by molar-refractivity contribution is 7.17. The van der Waals surface area contributed by atoms with Crippen molar-refractivity contribution in [2.45, 2.75) is 19.4 Å². The molecule has 0 radical (unpaired) electrons. The van der Waals surface area contributed by atoms with Crippen molar-refractivity contribution in [3.8, 4) is 0 Å². The predicted octanol–water partition coefficient (Wildman–Crippen LogP) is 3.05. The summed E-state index contributed by atoms with van der Waals surface area (Å²) in [6.07, 6.45) is 4.55. The van der Waals surface area contributed by atoms with Crippen LogP contribution in [0.25, 0.3) is 6.08 Å². The van der Waals surface area contributed by atoms with E-state index in [-0.39, 0.29) is 12.0 Å². The molecule has 5 heteroatoms. The van der Waals surface area contributed by atoms with Gasteiger partial charge in [0.15, 0.2) is 0 Å². The van der Waals surface area contributed by atoms with Gasteiger partial charge in [0.1, 0.15) is 0 Å². The van der Waals surface area contributed by atoms with Gasteiger partial charge in [0.05, 0.1) is 10.4 Å². The molecule has 0 unspecified atom stereocenters. The summed E-state index contributed by atoms with van der Waals surface area (Å²) < 4.78 is 6.25. The number of carbonyl (C=O) groups is 1. The predicted molar refractivity (Wildman–Crippen MR) is 75.0 cm³/mol. The Hall–Kier alpha value is -0.840. The minimum absolute atomic E-state index is 0.0433. The third-order valence-electron chi connectivity index (χ3n) is 2.84. The van der Waals surface area contributed by atoms with Crippen LogP contribution < -0.4 is 0 Å². The summed E-state index contributed by atoms with van der Waals surface area (Å²) in [6.45, 7) is 4.16. The number of hydrogen-bond acceptors (Lipinski definition) is 3. The second-order valence-electron chi connectivity index (χ2n) is 4.13. The number of hydrogen-bond donors (Lipinski definition) is 0. The smallest absolute Gasteiger partial charge is 0.246 e. The van der Waals surface area contributed by atoms with E-state index in [2.05, 4.69) is 0 Å². The zero-order valence-electron chi connectivity index (χ0n) is 10.3. The molecule has 0 aromatic carbocycles. The molecule has 0 N–H and O–H groups in total. The molecule has 1 aromatic heterocycles. The third kappa shape index (κ3) is 3.57. The average Bonchev–Trinajstić information content (AvgIpc) is 2.96. The minimum Gasteiger partial charge on any atom is -0.377 e. The number of thiophene rings is 1. The quantitative estimate of drug-likeness (QED) is 0.796. The van der Waals surface area contributed by atoms with Crippen molar-refractivity contribution in [3.05, 3.63) is 27.4 Å². The molecule has 2 heterocycles. The van der Waals surface area contributed by atoms with Crippen LogP contribution in [0.5, 0.6) is 0 Å². The zero-order valence-corrected chi connectivity index (χ0v) is 11.8. The van der Waals surface area contributed by atoms with Crippen LogP contribution in [0, 0.1) is 0 Å². The maximum atomic E-state index is 11.9. The first-order valence-electron chi connectivity index (χ1n) is 6.03. The van der Waals surface area contributed by atoms with Gasteiger partial charge in [-0.05, 0) is 31.6 Å². The van der Waals surface area contributed by atoms with E-state index in [1.165, 1.54) is 11.3 Å². The lowest BCUT2D eigenvalue weighted by Gasteiger charge is -2.14. The van der Waals surface area contributed by atoms with Gasteiger partial charge in [-0.25, -0.2) is 0 Å². The van der Waals surface area contributed by atoms with Gasteiger partial charge in [0.25, 0.3) is 0 Å². The molecule has 1 aromatic rings. The van der Waals surface area contributed by atoms with Crippen molar-refractivity contribution >= 4 is 34.9 Å². The Balaban J connectivity index is 1.87. The molecular weight excluding hydrogens is 270 g/mol. The number of ether oxygens (including phenoxy) is 1. The van der Waals surface area contributed by atoms with Gasteiger partial charge in [0.2, 0.25) is 5.91 Å². The van der Waals surface area contributed by atoms with Crippen molar-refractivity contribution in [2.75, 3.05) is 19.7 Å². The highest BCUT2D eigenvalue weighted by Gasteiger charge is 2.24. The van der Waals surface area contributed by atoms with Crippen LogP contribution in [-0.2, 0) is 9.53 Å². The molecule has 1 saturated heterocycles. The molecule has 1 atom stereocenters. The molecule has 1 aliphatic rings. The fourth-order valence-corrected chi connectivity index (χ4v) is 2.94. The number of halogens is 1. The Morgan fingerprint density at radius 1 is 1.67 bits per heavy atom. The Morgan fingerprint density at radius 2 is 2.50 bits per heavy atom. The van der Waals surface area contributed by atoms with Crippen LogP contribution in [0.4, 0.5) is 0 Å². The second kappa shape index (κ2) is 6.36. The van der Waals surface area contributed by atoms with E-state index >= 15 is 0 Å². The minimum atomic E-state index is 0.0433. The number of rotatable bonds is 4. The van der Waals surface area contributed by atoms with E-state index in [1.807, 2.05) is 30.0 Å². The summed E-state index contributed by atoms with van der Waals surface area (Å²) in [4.78, 5) is 14.8. The Labute approximate surface area is 116 Å². The molecular formula is C13H16ClNO2S. The topological polar surface area (TPSA) is 29.5 Å². The number of likely N-dealkylation sites (tertiary alicyclic amines) is 1. The molecule has 1 fully saturated rings. The fourth-order valence-electron chi connectivity index (χ4n) is 1.98. The first-order valence-corrected chi connectivity index (χ1v) is 7.22. The molecule has 0 saturated carbocycles. The third-order valence-corrected chi connectivity index (χ3v) is 4.04. The van der Waals surface area contributed by atoms with Crippen LogP contribution in [0.15, 0.2) is 18.2 Å². The van der Waals surface area contributed by atoms with Crippen molar-refractivity contribution < 1.29 is 9.53 Å². The Morgan fingerprint density at radius 3 is 3.17 bits per heavy atom. The molecule has 98 valence electrons. The Bertz CT molecular complexity index is 444. The van der Waals surface area contributed by atoms with Gasteiger partial charge in [-0.2, -0.15) is 0 Å². The van der Waals surface area contributed by atoms with Crippen LogP contribution in [-0.4, -0.2) is 36.6 Å². The Kier molecular flexibility index (Phi) is 4.80. The molecule has 0 aliphatic carbocycles. The molecule has 2 rings (SSSR count). The number of carbonyl (C=O) groups excluding carboxylic acids is 1. The van der Waals surface area contributed by atoms with Crippen molar-refractivity contribution in [1.29, 1.82) is 0 Å². The van der Waals surface area contributed by atoms with Gasteiger partial charge in [-0.15, -0.1) is 11.3 Å². The summed E-state index contributed by atoms with van der Waals surface area (Å²) in [5, 5.41) is 0. The molecule has 1 amide bonds. The monoisotopic (exact) mass is 285 g/mol. The van der Waals surface area contributed by atoms with Gasteiger partial charge in [-0.3, -0.25) is 4.79 Å². The standard InChI is InChI=1S/C13H16ClNO2S/c1-2-17-10-7-8-15(9-10)13(16)6-4-11-3-5-12(14)18-11/h3-6,10H,2,7-9H2,1H3/b6-4+/t10-/m1/s1. The van der Waals surface area contributed by atoms with Gasteiger partial charge in [-0.1, -0.05) is 11.6 Å². The van der Waals surface area contributed by atoms with Crippen LogP contribution in [0.3, 0.4) is 0 Å². The fraction of sp³-hybridized carbons (Fsp3) is 0.462. The lowest BCUT2D eigenvalue weighted by Crippen LogP contribution is -2.28. The van der Waals surface area contributed by atoms with Crippen molar-refractivity contribution in [3.63, 3.8) is 0 Å². The van der Waals surface area contributed by atoms with E-state index in [9.17, 15) is 4.79 Å². The van der Waals surface area contributed by atoms with Crippen LogP contribution >= 0.6 is 22.9 Å². The lowest BCUT2D eigenvalue weighted by atomic mass is 10.3. The van der Waals surface area contributed by atoms with Gasteiger partial charge >= 0.3 is 0 Å². The SMILES string of the molecule is CCO[C@@H]1CCN(C(=O)/C=C/c2ccc(Cl)s2)C1. The first kappa shape index (κ1) is 13.6. The second-order valence-corrected chi connectivity index (χ2v) is 5.87. The molecule has 1 aliphatic heterocycles. The lowest BCUT2D eigenvalue weighted by molar-refractivity contribution is -0.125. The van der Waals surface area contributed by atoms with E-state index in [0.29, 0.717) is 13.2 Å². The summed E-state index contributed by atoms with van der Waals surface area (Å²) in [6, 6.07) is 3.74. The first-order chi connectivity index (χ1) is 8.69. The van der Waals surface area contributed by atoms with E-state index in [1.54, 1.807) is 6.08 Å². The summed E-state index contributed by atoms with van der Waals surface area (Å²) in [7, 11) is 0. The molecule has 18 heavy (non-hydrogen) atoms. The van der Waals surface area contributed by atoms with Gasteiger partial charge in [0, 0.05) is 30.6 Å². The van der Waals surface area contributed by atoms with E-state index in [4.69, 9.17) is 16.3 Å². The molecule has 3 nitrogen and oxygen atoms in total. The van der Waals surface area contributed by atoms with E-state index < -0.39 is 0 Å². The van der Waals surface area contributed by atoms with E-state index in [0.717, 1.165) is 22.2 Å². The molecule has 0 bridgehead atoms. The zero-order chi connectivity index (χ0) is 13.0.